The monoisotopic (exact) mass is 812 g/mol. The molecule has 0 bridgehead atoms. The fourth-order valence-corrected chi connectivity index (χ4v) is 6.83. The Labute approximate surface area is 343 Å². The molecule has 0 amide bonds. The molecule has 298 valence electrons. The maximum Gasteiger partial charge on any atom is 0.340 e. The first-order valence-electron chi connectivity index (χ1n) is 18.7. The van der Waals surface area contributed by atoms with Crippen molar-refractivity contribution in [3.05, 3.63) is 168 Å². The Morgan fingerprint density at radius 3 is 1.56 bits per heavy atom. The van der Waals surface area contributed by atoms with E-state index in [-0.39, 0.29) is 5.56 Å². The van der Waals surface area contributed by atoms with Crippen LogP contribution in [-0.2, 0) is 17.8 Å². The van der Waals surface area contributed by atoms with Crippen LogP contribution in [0.3, 0.4) is 0 Å². The lowest BCUT2D eigenvalue weighted by atomic mass is 10.1. The topological polar surface area (TPSA) is 177 Å². The number of aromatic nitrogens is 10. The number of methoxy groups -OCH3 is 1. The van der Waals surface area contributed by atoms with Crippen LogP contribution in [0.4, 0.5) is 8.78 Å². The van der Waals surface area contributed by atoms with E-state index in [1.165, 1.54) is 31.4 Å². The molecule has 10 aromatic rings. The van der Waals surface area contributed by atoms with Crippen molar-refractivity contribution < 1.29 is 28.2 Å². The maximum absolute atomic E-state index is 14.0. The standard InChI is InChI=1S/C23H16FN5O2.C22H14FN5O2/c1-31-23(30)17-12-16(5-6-18(17)24)20-8-9-21-22(26-20)29(28-27-21)13-14-4-7-19-15(11-14)3-2-10-25-19;23-17-5-4-15(11-16(17)22(29)30)19-7-8-20-21(25-19)28(27-26-20)12-13-3-6-18-14(10-13)2-1-9-24-18/h2-12H,13H2,1H3;1-11H,12H2,(H,29,30). The minimum atomic E-state index is -1.33. The van der Waals surface area contributed by atoms with Gasteiger partial charge in [-0.15, -0.1) is 10.2 Å². The lowest BCUT2D eigenvalue weighted by Crippen LogP contribution is -2.05. The van der Waals surface area contributed by atoms with E-state index in [9.17, 15) is 23.5 Å². The van der Waals surface area contributed by atoms with Crippen molar-refractivity contribution in [3.8, 4) is 22.5 Å². The fourth-order valence-electron chi connectivity index (χ4n) is 6.83. The van der Waals surface area contributed by atoms with Gasteiger partial charge in [-0.1, -0.05) is 34.7 Å². The first-order valence-corrected chi connectivity index (χ1v) is 18.7. The summed E-state index contributed by atoms with van der Waals surface area (Å²) in [6.07, 6.45) is 3.52. The molecule has 1 N–H and O–H groups in total. The van der Waals surface area contributed by atoms with Crippen LogP contribution in [0.1, 0.15) is 31.8 Å². The third-order valence-electron chi connectivity index (χ3n) is 9.88. The Hall–Kier alpha value is -8.40. The van der Waals surface area contributed by atoms with Crippen LogP contribution in [-0.4, -0.2) is 74.1 Å². The number of hydrogen-bond donors (Lipinski definition) is 1. The summed E-state index contributed by atoms with van der Waals surface area (Å²) in [4.78, 5) is 41.0. The molecular weight excluding hydrogens is 783 g/mol. The Kier molecular flexibility index (Phi) is 10.1. The second kappa shape index (κ2) is 16.1. The number of hydrogen-bond acceptors (Lipinski definition) is 11. The van der Waals surface area contributed by atoms with Crippen LogP contribution in [0.25, 0.3) is 66.6 Å². The number of halogens is 2. The van der Waals surface area contributed by atoms with E-state index in [4.69, 9.17) is 0 Å². The summed E-state index contributed by atoms with van der Waals surface area (Å²) in [7, 11) is 1.21. The molecule has 14 nitrogen and oxygen atoms in total. The number of pyridine rings is 4. The lowest BCUT2D eigenvalue weighted by Gasteiger charge is -2.07. The molecule has 0 fully saturated rings. The van der Waals surface area contributed by atoms with Crippen molar-refractivity contribution in [1.82, 2.24) is 49.9 Å². The molecule has 16 heteroatoms. The molecule has 61 heavy (non-hydrogen) atoms. The number of carbonyl (C=O) groups is 2. The molecule has 6 heterocycles. The number of ether oxygens (including phenoxy) is 1. The van der Waals surface area contributed by atoms with E-state index >= 15 is 0 Å². The van der Waals surface area contributed by atoms with Gasteiger partial charge in [0.2, 0.25) is 0 Å². The summed E-state index contributed by atoms with van der Waals surface area (Å²) in [6.45, 7) is 0.941. The molecule has 6 aromatic heterocycles. The number of carboxylic acids is 1. The Morgan fingerprint density at radius 1 is 0.590 bits per heavy atom. The number of benzene rings is 4. The van der Waals surface area contributed by atoms with Gasteiger partial charge in [-0.3, -0.25) is 9.97 Å². The molecule has 0 aliphatic rings. The van der Waals surface area contributed by atoms with Crippen LogP contribution in [0.15, 0.2) is 134 Å². The van der Waals surface area contributed by atoms with Crippen LogP contribution in [0.2, 0.25) is 0 Å². The van der Waals surface area contributed by atoms with Crippen molar-refractivity contribution in [2.24, 2.45) is 0 Å². The minimum Gasteiger partial charge on any atom is -0.478 e. The molecule has 0 radical (unpaired) electrons. The smallest absolute Gasteiger partial charge is 0.340 e. The van der Waals surface area contributed by atoms with Gasteiger partial charge in [-0.25, -0.2) is 37.7 Å². The van der Waals surface area contributed by atoms with E-state index in [0.717, 1.165) is 39.0 Å². The van der Waals surface area contributed by atoms with Crippen molar-refractivity contribution in [1.29, 1.82) is 0 Å². The quantitative estimate of drug-likeness (QED) is 0.147. The first-order chi connectivity index (χ1) is 29.7. The van der Waals surface area contributed by atoms with Gasteiger partial charge < -0.3 is 9.84 Å². The summed E-state index contributed by atoms with van der Waals surface area (Å²) in [5, 5.41) is 28.0. The van der Waals surface area contributed by atoms with Crippen molar-refractivity contribution in [2.75, 3.05) is 7.11 Å². The van der Waals surface area contributed by atoms with Gasteiger partial charge in [0.1, 0.15) is 22.7 Å². The zero-order valence-corrected chi connectivity index (χ0v) is 32.0. The van der Waals surface area contributed by atoms with Crippen LogP contribution in [0, 0.1) is 11.6 Å². The lowest BCUT2D eigenvalue weighted by molar-refractivity contribution is 0.0594. The van der Waals surface area contributed by atoms with Crippen LogP contribution >= 0.6 is 0 Å². The van der Waals surface area contributed by atoms with E-state index in [2.05, 4.69) is 51.4 Å². The average molecular weight is 813 g/mol. The first kappa shape index (κ1) is 38.1. The third-order valence-corrected chi connectivity index (χ3v) is 9.88. The van der Waals surface area contributed by atoms with Gasteiger partial charge in [0.15, 0.2) is 11.3 Å². The molecule has 10 rings (SSSR count). The minimum absolute atomic E-state index is 0.140. The maximum atomic E-state index is 14.0. The van der Waals surface area contributed by atoms with Gasteiger partial charge >= 0.3 is 11.9 Å². The van der Waals surface area contributed by atoms with Gasteiger partial charge in [0.25, 0.3) is 0 Å². The molecule has 0 aliphatic heterocycles. The molecule has 0 unspecified atom stereocenters. The third kappa shape index (κ3) is 7.80. The summed E-state index contributed by atoms with van der Waals surface area (Å²) < 4.78 is 35.8. The Balaban J connectivity index is 0.000000156. The number of esters is 1. The molecule has 0 atom stereocenters. The van der Waals surface area contributed by atoms with Crippen molar-refractivity contribution >= 4 is 56.1 Å². The fraction of sp³-hybridized carbons (Fsp3) is 0.0667. The van der Waals surface area contributed by atoms with Gasteiger partial charge in [0, 0.05) is 34.3 Å². The molecule has 4 aromatic carbocycles. The van der Waals surface area contributed by atoms with Gasteiger partial charge in [-0.2, -0.15) is 0 Å². The second-order valence-corrected chi connectivity index (χ2v) is 13.8. The number of carbonyl (C=O) groups excluding carboxylic acids is 1. The molecule has 0 spiro atoms. The second-order valence-electron chi connectivity index (χ2n) is 13.8. The number of fused-ring (bicyclic) bond motifs is 4. The van der Waals surface area contributed by atoms with E-state index in [0.29, 0.717) is 57.9 Å². The highest BCUT2D eigenvalue weighted by atomic mass is 19.1. The van der Waals surface area contributed by atoms with E-state index in [1.807, 2.05) is 54.6 Å². The average Bonchev–Trinajstić information content (AvgIpc) is 3.89. The molecule has 0 saturated heterocycles. The zero-order chi connectivity index (χ0) is 42.0. The van der Waals surface area contributed by atoms with Crippen LogP contribution in [0.5, 0.6) is 0 Å². The predicted molar refractivity (Wildman–Crippen MR) is 221 cm³/mol. The SMILES string of the molecule is COC(=O)c1cc(-c2ccc3nnn(Cc4ccc5ncccc5c4)c3n2)ccc1F.O=C(O)c1cc(-c2ccc3nnn(Cc4ccc5ncccc5c4)c3n2)ccc1F. The highest BCUT2D eigenvalue weighted by Crippen LogP contribution is 2.26. The highest BCUT2D eigenvalue weighted by Gasteiger charge is 2.17. The summed E-state index contributed by atoms with van der Waals surface area (Å²) >= 11 is 0. The molecule has 0 aliphatic carbocycles. The predicted octanol–water partition coefficient (Wildman–Crippen LogP) is 7.94. The Bertz CT molecular complexity index is 3320. The van der Waals surface area contributed by atoms with Gasteiger partial charge in [-0.05, 0) is 108 Å². The molecule has 0 saturated carbocycles. The summed E-state index contributed by atoms with van der Waals surface area (Å²) in [5.41, 5.74) is 7.93. The van der Waals surface area contributed by atoms with Crippen molar-refractivity contribution in [2.45, 2.75) is 13.1 Å². The largest absolute Gasteiger partial charge is 0.478 e. The number of nitrogens with zero attached hydrogens (tertiary/aromatic N) is 10. The van der Waals surface area contributed by atoms with E-state index < -0.39 is 29.1 Å². The van der Waals surface area contributed by atoms with Crippen LogP contribution < -0.4 is 0 Å². The Morgan fingerprint density at radius 2 is 1.07 bits per heavy atom. The van der Waals surface area contributed by atoms with Crippen molar-refractivity contribution in [3.63, 3.8) is 0 Å². The summed E-state index contributed by atoms with van der Waals surface area (Å²) in [6, 6.07) is 34.9. The highest BCUT2D eigenvalue weighted by molar-refractivity contribution is 5.92. The molecular formula is C45H30F2N10O4. The number of rotatable bonds is 8. The number of aromatic carboxylic acids is 1. The number of carboxylic acid groups (broad SMARTS) is 1. The normalized spacial score (nSPS) is 11.2. The van der Waals surface area contributed by atoms with E-state index in [1.54, 1.807) is 52.1 Å². The van der Waals surface area contributed by atoms with Gasteiger partial charge in [0.05, 0.1) is 53.7 Å². The summed E-state index contributed by atoms with van der Waals surface area (Å²) in [5.74, 6) is -3.50. The zero-order valence-electron chi connectivity index (χ0n) is 32.0.